The van der Waals surface area contributed by atoms with Crippen LogP contribution < -0.4 is 14.8 Å². The monoisotopic (exact) mass is 530 g/mol. The van der Waals surface area contributed by atoms with Gasteiger partial charge in [-0.25, -0.2) is 9.78 Å². The molecule has 0 unspecified atom stereocenters. The minimum atomic E-state index is -1.04. The number of aryl methyl sites for hydroxylation is 2. The zero-order valence-electron chi connectivity index (χ0n) is 23.3. The van der Waals surface area contributed by atoms with Gasteiger partial charge >= 0.3 is 11.9 Å². The molecule has 0 aliphatic rings. The fourth-order valence-electron chi connectivity index (χ4n) is 3.70. The van der Waals surface area contributed by atoms with Crippen LogP contribution in [-0.4, -0.2) is 36.0 Å². The van der Waals surface area contributed by atoms with E-state index in [0.717, 1.165) is 27.8 Å². The lowest BCUT2D eigenvalue weighted by molar-refractivity contribution is -0.141. The summed E-state index contributed by atoms with van der Waals surface area (Å²) in [7, 11) is 1.39. The number of hydrogen-bond acceptors (Lipinski definition) is 7. The van der Waals surface area contributed by atoms with Gasteiger partial charge in [0.05, 0.1) is 13.0 Å². The molecule has 0 aliphatic carbocycles. The Balaban J connectivity index is 1.86. The molecule has 8 heteroatoms. The van der Waals surface area contributed by atoms with E-state index in [-0.39, 0.29) is 17.2 Å². The molecular formula is C31H34N2O6. The molecule has 0 radical (unpaired) electrons. The van der Waals surface area contributed by atoms with Crippen LogP contribution in [0.2, 0.25) is 0 Å². The quantitative estimate of drug-likeness (QED) is 0.291. The number of nitrogens with one attached hydrogen (secondary N) is 1. The van der Waals surface area contributed by atoms with Crippen LogP contribution >= 0.6 is 0 Å². The maximum atomic E-state index is 13.1. The smallest absolute Gasteiger partial charge is 0.333 e. The zero-order valence-corrected chi connectivity index (χ0v) is 23.3. The number of carbonyl (C=O) groups is 3. The van der Waals surface area contributed by atoms with Gasteiger partial charge in [-0.3, -0.25) is 9.59 Å². The summed E-state index contributed by atoms with van der Waals surface area (Å²) >= 11 is 0. The predicted octanol–water partition coefficient (Wildman–Crippen LogP) is 5.41. The largest absolute Gasteiger partial charge is 0.493 e. The van der Waals surface area contributed by atoms with E-state index in [0.29, 0.717) is 5.76 Å². The zero-order chi connectivity index (χ0) is 28.7. The molecular weight excluding hydrogens is 496 g/mol. The second-order valence-electron chi connectivity index (χ2n) is 9.55. The summed E-state index contributed by atoms with van der Waals surface area (Å²) < 4.78 is 16.4. The van der Waals surface area contributed by atoms with Crippen LogP contribution in [0.5, 0.6) is 11.5 Å². The second-order valence-corrected chi connectivity index (χ2v) is 9.55. The average molecular weight is 531 g/mol. The molecule has 0 saturated carbocycles. The highest BCUT2D eigenvalue weighted by molar-refractivity contribution is 5.99. The third-order valence-corrected chi connectivity index (χ3v) is 5.96. The van der Waals surface area contributed by atoms with Gasteiger partial charge < -0.3 is 19.5 Å². The molecule has 3 rings (SSSR count). The van der Waals surface area contributed by atoms with E-state index in [1.807, 2.05) is 62.4 Å². The molecule has 1 heterocycles. The average Bonchev–Trinajstić information content (AvgIpc) is 2.90. The number of amides is 1. The number of rotatable bonds is 9. The van der Waals surface area contributed by atoms with Gasteiger partial charge in [0.15, 0.2) is 11.4 Å². The van der Waals surface area contributed by atoms with Crippen LogP contribution in [-0.2, 0) is 14.3 Å². The number of methoxy groups -OCH3 is 1. The Labute approximate surface area is 229 Å². The van der Waals surface area contributed by atoms with Crippen molar-refractivity contribution in [2.24, 2.45) is 5.92 Å². The van der Waals surface area contributed by atoms with E-state index in [1.165, 1.54) is 26.3 Å². The van der Waals surface area contributed by atoms with Crippen LogP contribution in [0.1, 0.15) is 60.4 Å². The molecule has 8 nitrogen and oxygen atoms in total. The number of allylic oxidation sites excluding steroid dienone is 1. The first-order valence-electron chi connectivity index (χ1n) is 12.6. The van der Waals surface area contributed by atoms with Crippen LogP contribution in [0.25, 0.3) is 5.57 Å². The highest BCUT2D eigenvalue weighted by atomic mass is 16.6. The van der Waals surface area contributed by atoms with Gasteiger partial charge in [0.25, 0.3) is 5.91 Å². The fourth-order valence-corrected chi connectivity index (χ4v) is 3.70. The first-order chi connectivity index (χ1) is 18.5. The Kier molecular flexibility index (Phi) is 9.60. The second kappa shape index (κ2) is 12.9. The summed E-state index contributed by atoms with van der Waals surface area (Å²) in [6.07, 6.45) is 1.35. The molecule has 0 aliphatic heterocycles. The Bertz CT molecular complexity index is 1330. The van der Waals surface area contributed by atoms with Gasteiger partial charge in [-0.2, -0.15) is 0 Å². The van der Waals surface area contributed by atoms with Gasteiger partial charge in [0.1, 0.15) is 11.8 Å². The highest BCUT2D eigenvalue weighted by Crippen LogP contribution is 2.31. The minimum absolute atomic E-state index is 0.117. The lowest BCUT2D eigenvalue weighted by atomic mass is 9.95. The molecule has 2 aromatic carbocycles. The van der Waals surface area contributed by atoms with Crippen molar-refractivity contribution in [3.63, 3.8) is 0 Å². The molecule has 1 aromatic heterocycles. The standard InChI is InChI=1S/C31H34N2O6/c1-18(2)30(35)39-28-25(37-7)16-17-32-27(28)29(34)33-21(5)31(36)38-22(6)26(23-12-8-19(3)9-13-23)24-14-10-20(4)11-15-24/h8-18,21H,1-7H3,(H,33,34)/t21-/m0/s1. The predicted molar refractivity (Wildman–Crippen MR) is 148 cm³/mol. The van der Waals surface area contributed by atoms with Crippen LogP contribution in [0.4, 0.5) is 0 Å². The van der Waals surface area contributed by atoms with Crippen molar-refractivity contribution in [1.82, 2.24) is 10.3 Å². The minimum Gasteiger partial charge on any atom is -0.493 e. The molecule has 0 saturated heterocycles. The summed E-state index contributed by atoms with van der Waals surface area (Å²) in [5, 5.41) is 2.58. The Morgan fingerprint density at radius 2 is 1.36 bits per heavy atom. The molecule has 1 amide bonds. The summed E-state index contributed by atoms with van der Waals surface area (Å²) in [5.74, 6) is -1.94. The normalized spacial score (nSPS) is 11.4. The van der Waals surface area contributed by atoms with Crippen molar-refractivity contribution in [3.05, 3.63) is 94.5 Å². The van der Waals surface area contributed by atoms with E-state index in [9.17, 15) is 14.4 Å². The number of aromatic nitrogens is 1. The highest BCUT2D eigenvalue weighted by Gasteiger charge is 2.26. The number of benzene rings is 2. The maximum absolute atomic E-state index is 13.1. The molecule has 3 aromatic rings. The SMILES string of the molecule is COc1ccnc(C(=O)N[C@@H](C)C(=O)OC(C)=C(c2ccc(C)cc2)c2ccc(C)cc2)c1OC(=O)C(C)C. The summed E-state index contributed by atoms with van der Waals surface area (Å²) in [6, 6.07) is 16.3. The topological polar surface area (TPSA) is 104 Å². The van der Waals surface area contributed by atoms with Gasteiger partial charge in [-0.05, 0) is 38.8 Å². The lowest BCUT2D eigenvalue weighted by Gasteiger charge is -2.18. The van der Waals surface area contributed by atoms with Crippen molar-refractivity contribution in [3.8, 4) is 11.5 Å². The van der Waals surface area contributed by atoms with Crippen LogP contribution in [0, 0.1) is 19.8 Å². The molecule has 39 heavy (non-hydrogen) atoms. The molecule has 0 spiro atoms. The molecule has 204 valence electrons. The van der Waals surface area contributed by atoms with Gasteiger partial charge in [0.2, 0.25) is 5.75 Å². The maximum Gasteiger partial charge on any atom is 0.333 e. The van der Waals surface area contributed by atoms with Gasteiger partial charge in [-0.1, -0.05) is 73.5 Å². The van der Waals surface area contributed by atoms with Gasteiger partial charge in [0, 0.05) is 17.8 Å². The Hall–Kier alpha value is -4.46. The third kappa shape index (κ3) is 7.31. The number of carbonyl (C=O) groups excluding carboxylic acids is 3. The van der Waals surface area contributed by atoms with E-state index in [1.54, 1.807) is 20.8 Å². The van der Waals surface area contributed by atoms with Crippen LogP contribution in [0.3, 0.4) is 0 Å². The molecule has 1 atom stereocenters. The number of ether oxygens (including phenoxy) is 3. The van der Waals surface area contributed by atoms with Crippen molar-refractivity contribution >= 4 is 23.4 Å². The summed E-state index contributed by atoms with van der Waals surface area (Å²) in [5.41, 5.74) is 4.58. The number of esters is 2. The van der Waals surface area contributed by atoms with Crippen molar-refractivity contribution in [1.29, 1.82) is 0 Å². The Morgan fingerprint density at radius 1 is 0.821 bits per heavy atom. The number of nitrogens with zero attached hydrogens (tertiary/aromatic N) is 1. The molecule has 0 bridgehead atoms. The van der Waals surface area contributed by atoms with E-state index in [4.69, 9.17) is 14.2 Å². The van der Waals surface area contributed by atoms with Crippen molar-refractivity contribution < 1.29 is 28.6 Å². The van der Waals surface area contributed by atoms with Crippen molar-refractivity contribution in [2.75, 3.05) is 7.11 Å². The first-order valence-corrected chi connectivity index (χ1v) is 12.6. The number of pyridine rings is 1. The lowest BCUT2D eigenvalue weighted by Crippen LogP contribution is -2.40. The molecule has 0 fully saturated rings. The van der Waals surface area contributed by atoms with E-state index >= 15 is 0 Å². The van der Waals surface area contributed by atoms with Crippen molar-refractivity contribution in [2.45, 2.75) is 47.6 Å². The van der Waals surface area contributed by atoms with E-state index in [2.05, 4.69) is 10.3 Å². The summed E-state index contributed by atoms with van der Waals surface area (Å²) in [4.78, 5) is 42.4. The Morgan fingerprint density at radius 3 is 1.85 bits per heavy atom. The fraction of sp³-hybridized carbons (Fsp3) is 0.290. The van der Waals surface area contributed by atoms with Gasteiger partial charge in [-0.15, -0.1) is 0 Å². The van der Waals surface area contributed by atoms with E-state index < -0.39 is 29.8 Å². The molecule has 1 N–H and O–H groups in total. The van der Waals surface area contributed by atoms with Crippen LogP contribution in [0.15, 0.2) is 66.6 Å². The third-order valence-electron chi connectivity index (χ3n) is 5.96. The first kappa shape index (κ1) is 29.1. The summed E-state index contributed by atoms with van der Waals surface area (Å²) in [6.45, 7) is 10.6. The number of hydrogen-bond donors (Lipinski definition) is 1.